The van der Waals surface area contributed by atoms with Crippen LogP contribution in [0.4, 0.5) is 4.39 Å². The molecule has 0 N–H and O–H groups in total. The molecule has 0 radical (unpaired) electrons. The zero-order valence-corrected chi connectivity index (χ0v) is 22.9. The number of hydrogen-bond donors (Lipinski definition) is 0. The van der Waals surface area contributed by atoms with Crippen molar-refractivity contribution in [2.45, 2.75) is 65.5 Å². The van der Waals surface area contributed by atoms with Crippen molar-refractivity contribution in [1.82, 2.24) is 4.90 Å². The Morgan fingerprint density at radius 3 is 2.36 bits per heavy atom. The lowest BCUT2D eigenvalue weighted by molar-refractivity contribution is -0.121. The van der Waals surface area contributed by atoms with Gasteiger partial charge in [0.25, 0.3) is 0 Å². The van der Waals surface area contributed by atoms with Gasteiger partial charge in [-0.05, 0) is 49.1 Å². The summed E-state index contributed by atoms with van der Waals surface area (Å²) in [6.07, 6.45) is 6.81. The zero-order chi connectivity index (χ0) is 25.9. The highest BCUT2D eigenvalue weighted by atomic mass is 35.5. The average Bonchev–Trinajstić information content (AvgIpc) is 3.23. The Bertz CT molecular complexity index is 1250. The number of carbonyl (C=O) groups is 1. The zero-order valence-electron chi connectivity index (χ0n) is 21.3. The van der Waals surface area contributed by atoms with Gasteiger partial charge in [0.2, 0.25) is 6.41 Å². The lowest BCUT2D eigenvalue weighted by Crippen LogP contribution is -2.35. The van der Waals surface area contributed by atoms with Crippen LogP contribution in [0.2, 0.25) is 5.02 Å². The fraction of sp³-hybridized carbons (Fsp3) is 0.323. The molecule has 5 heteroatoms. The van der Waals surface area contributed by atoms with Crippen molar-refractivity contribution < 1.29 is 9.18 Å². The van der Waals surface area contributed by atoms with Gasteiger partial charge in [0, 0.05) is 33.1 Å². The number of rotatable bonds is 5. The van der Waals surface area contributed by atoms with Crippen LogP contribution in [-0.4, -0.2) is 17.4 Å². The van der Waals surface area contributed by atoms with E-state index in [4.69, 9.17) is 11.6 Å². The average molecular weight is 524 g/mol. The number of amides is 1. The van der Waals surface area contributed by atoms with E-state index in [0.29, 0.717) is 18.2 Å². The Kier molecular flexibility index (Phi) is 11.0. The largest absolute Gasteiger partial charge is 0.338 e. The van der Waals surface area contributed by atoms with Crippen LogP contribution in [0.25, 0.3) is 21.2 Å². The third-order valence-electron chi connectivity index (χ3n) is 6.35. The van der Waals surface area contributed by atoms with E-state index in [0.717, 1.165) is 35.4 Å². The molecule has 1 heterocycles. The van der Waals surface area contributed by atoms with E-state index < -0.39 is 0 Å². The molecule has 0 spiro atoms. The minimum atomic E-state index is -0.218. The first-order valence-corrected chi connectivity index (χ1v) is 13.9. The van der Waals surface area contributed by atoms with Gasteiger partial charge in [-0.1, -0.05) is 99.3 Å². The van der Waals surface area contributed by atoms with Gasteiger partial charge in [-0.3, -0.25) is 4.79 Å². The van der Waals surface area contributed by atoms with Gasteiger partial charge in [0.15, 0.2) is 0 Å². The minimum Gasteiger partial charge on any atom is -0.338 e. The molecule has 2 nitrogen and oxygen atoms in total. The topological polar surface area (TPSA) is 20.3 Å². The Morgan fingerprint density at radius 1 is 0.972 bits per heavy atom. The van der Waals surface area contributed by atoms with Crippen LogP contribution in [0.3, 0.4) is 0 Å². The number of halogens is 2. The van der Waals surface area contributed by atoms with Gasteiger partial charge in [-0.2, -0.15) is 0 Å². The van der Waals surface area contributed by atoms with E-state index in [-0.39, 0.29) is 5.82 Å². The minimum absolute atomic E-state index is 0.218. The highest BCUT2D eigenvalue weighted by Gasteiger charge is 2.20. The summed E-state index contributed by atoms with van der Waals surface area (Å²) in [6, 6.07) is 23.2. The van der Waals surface area contributed by atoms with Crippen molar-refractivity contribution in [3.63, 3.8) is 0 Å². The predicted octanol–water partition coefficient (Wildman–Crippen LogP) is 9.67. The Morgan fingerprint density at radius 2 is 1.67 bits per heavy atom. The number of carbonyl (C=O) groups excluding carboxylic acids is 1. The Labute approximate surface area is 223 Å². The second-order valence-electron chi connectivity index (χ2n) is 8.72. The van der Waals surface area contributed by atoms with E-state index in [1.807, 2.05) is 68.1 Å². The molecule has 0 saturated heterocycles. The number of aryl methyl sites for hydroxylation is 1. The molecule has 0 bridgehead atoms. The van der Waals surface area contributed by atoms with Crippen molar-refractivity contribution in [1.29, 1.82) is 0 Å². The Hall–Kier alpha value is -2.69. The summed E-state index contributed by atoms with van der Waals surface area (Å²) in [5.74, 6) is -0.218. The van der Waals surface area contributed by atoms with E-state index in [2.05, 4.69) is 12.1 Å². The molecule has 0 atom stereocenters. The quantitative estimate of drug-likeness (QED) is 0.238. The molecule has 36 heavy (non-hydrogen) atoms. The summed E-state index contributed by atoms with van der Waals surface area (Å²) in [4.78, 5) is 14.6. The smallest absolute Gasteiger partial charge is 0.210 e. The molecular weight excluding hydrogens is 489 g/mol. The molecular formula is C31H35ClFNOS. The van der Waals surface area contributed by atoms with Gasteiger partial charge in [0.05, 0.1) is 5.02 Å². The van der Waals surface area contributed by atoms with E-state index >= 15 is 0 Å². The van der Waals surface area contributed by atoms with Crippen molar-refractivity contribution in [3.05, 3.63) is 94.1 Å². The second-order valence-corrected chi connectivity index (χ2v) is 10.4. The molecule has 1 aliphatic carbocycles. The van der Waals surface area contributed by atoms with Crippen LogP contribution in [0.15, 0.2) is 72.8 Å². The lowest BCUT2D eigenvalue weighted by atomic mass is 9.94. The van der Waals surface area contributed by atoms with Crippen LogP contribution in [0.1, 0.15) is 56.4 Å². The maximum atomic E-state index is 14.0. The first-order valence-electron chi connectivity index (χ1n) is 12.8. The fourth-order valence-electron chi connectivity index (χ4n) is 4.54. The van der Waals surface area contributed by atoms with Crippen LogP contribution < -0.4 is 0 Å². The third-order valence-corrected chi connectivity index (χ3v) is 8.04. The lowest BCUT2D eigenvalue weighted by Gasteiger charge is -2.31. The molecule has 1 fully saturated rings. The summed E-state index contributed by atoms with van der Waals surface area (Å²) in [6.45, 7) is 6.64. The van der Waals surface area contributed by atoms with E-state index in [9.17, 15) is 9.18 Å². The van der Waals surface area contributed by atoms with Gasteiger partial charge in [-0.15, -0.1) is 11.3 Å². The third kappa shape index (κ3) is 7.18. The summed E-state index contributed by atoms with van der Waals surface area (Å²) in [7, 11) is 0. The summed E-state index contributed by atoms with van der Waals surface area (Å²) in [5, 5.41) is 2.09. The molecule has 3 aromatic carbocycles. The molecule has 1 saturated carbocycles. The van der Waals surface area contributed by atoms with Gasteiger partial charge in [-0.25, -0.2) is 4.39 Å². The van der Waals surface area contributed by atoms with Crippen LogP contribution in [0.5, 0.6) is 0 Å². The first-order chi connectivity index (χ1) is 17.6. The SMILES string of the molecule is CC.Cc1sc2ccccc2c1Cl.O=CN(Cc1cccc(-c2ccccc2F)c1)C1CCCCC1. The fourth-order valence-corrected chi connectivity index (χ4v) is 5.84. The van der Waals surface area contributed by atoms with E-state index in [1.54, 1.807) is 23.5 Å². The molecule has 4 aromatic rings. The molecule has 0 aliphatic heterocycles. The summed E-state index contributed by atoms with van der Waals surface area (Å²) in [5.41, 5.74) is 2.50. The number of nitrogens with zero attached hydrogens (tertiary/aromatic N) is 1. The predicted molar refractivity (Wildman–Crippen MR) is 153 cm³/mol. The maximum Gasteiger partial charge on any atom is 0.210 e. The normalized spacial score (nSPS) is 13.2. The van der Waals surface area contributed by atoms with Crippen molar-refractivity contribution in [2.75, 3.05) is 0 Å². The molecule has 5 rings (SSSR count). The Balaban J connectivity index is 0.000000231. The highest BCUT2D eigenvalue weighted by Crippen LogP contribution is 2.34. The standard InChI is InChI=1S/C20H22FNO.C9H7ClS.C2H6/c21-20-12-5-4-11-19(20)17-8-6-7-16(13-17)14-22(15-23)18-9-2-1-3-10-18;1-6-9(10)7-4-2-3-5-8(7)11-6;1-2/h4-8,11-13,15,18H,1-3,9-10,14H2;2-5H,1H3;1-2H3. The molecule has 190 valence electrons. The molecule has 1 amide bonds. The number of fused-ring (bicyclic) bond motifs is 1. The second kappa shape index (κ2) is 14.2. The summed E-state index contributed by atoms with van der Waals surface area (Å²) >= 11 is 7.80. The van der Waals surface area contributed by atoms with Gasteiger partial charge in [0.1, 0.15) is 5.82 Å². The number of hydrogen-bond acceptors (Lipinski definition) is 2. The summed E-state index contributed by atoms with van der Waals surface area (Å²) < 4.78 is 15.2. The first kappa shape index (κ1) is 27.9. The maximum absolute atomic E-state index is 14.0. The highest BCUT2D eigenvalue weighted by molar-refractivity contribution is 7.19. The van der Waals surface area contributed by atoms with Crippen molar-refractivity contribution in [2.24, 2.45) is 0 Å². The van der Waals surface area contributed by atoms with Gasteiger partial charge < -0.3 is 4.90 Å². The molecule has 1 aliphatic rings. The molecule has 0 unspecified atom stereocenters. The number of thiophene rings is 1. The van der Waals surface area contributed by atoms with Crippen molar-refractivity contribution >= 4 is 39.4 Å². The van der Waals surface area contributed by atoms with Gasteiger partial charge >= 0.3 is 0 Å². The van der Waals surface area contributed by atoms with Crippen molar-refractivity contribution in [3.8, 4) is 11.1 Å². The van der Waals surface area contributed by atoms with Crippen LogP contribution in [0, 0.1) is 12.7 Å². The monoisotopic (exact) mass is 523 g/mol. The number of benzene rings is 3. The van der Waals surface area contributed by atoms with E-state index in [1.165, 1.54) is 40.3 Å². The van der Waals surface area contributed by atoms with Crippen LogP contribution in [-0.2, 0) is 11.3 Å². The molecule has 1 aromatic heterocycles. The van der Waals surface area contributed by atoms with Crippen LogP contribution >= 0.6 is 22.9 Å².